The van der Waals surface area contributed by atoms with Crippen LogP contribution >= 0.6 is 11.6 Å². The Labute approximate surface area is 133 Å². The van der Waals surface area contributed by atoms with Crippen LogP contribution in [0.4, 0.5) is 0 Å². The third-order valence-corrected chi connectivity index (χ3v) is 3.17. The topological polar surface area (TPSA) is 71.1 Å². The first kappa shape index (κ1) is 16.0. The van der Waals surface area contributed by atoms with E-state index in [-0.39, 0.29) is 11.8 Å². The summed E-state index contributed by atoms with van der Waals surface area (Å²) in [4.78, 5) is 27.1. The highest BCUT2D eigenvalue weighted by atomic mass is 35.5. The molecular formula is C16H16ClN3O2. The first-order chi connectivity index (χ1) is 10.5. The Morgan fingerprint density at radius 3 is 2.68 bits per heavy atom. The van der Waals surface area contributed by atoms with Crippen molar-refractivity contribution in [3.63, 3.8) is 0 Å². The van der Waals surface area contributed by atoms with Gasteiger partial charge in [0.2, 0.25) is 5.91 Å². The van der Waals surface area contributed by atoms with Crippen LogP contribution in [0.5, 0.6) is 0 Å². The summed E-state index contributed by atoms with van der Waals surface area (Å²) in [6.07, 6.45) is 1.55. The van der Waals surface area contributed by atoms with Crippen LogP contribution in [0.15, 0.2) is 42.6 Å². The van der Waals surface area contributed by atoms with E-state index in [1.165, 1.54) is 6.92 Å². The molecule has 6 heteroatoms. The average molecular weight is 318 g/mol. The van der Waals surface area contributed by atoms with Crippen molar-refractivity contribution < 1.29 is 9.59 Å². The molecule has 22 heavy (non-hydrogen) atoms. The summed E-state index contributed by atoms with van der Waals surface area (Å²) in [5.74, 6) is -0.343. The van der Waals surface area contributed by atoms with Gasteiger partial charge in [-0.25, -0.2) is 0 Å². The third kappa shape index (κ3) is 4.86. The van der Waals surface area contributed by atoms with E-state index in [1.54, 1.807) is 30.5 Å². The number of amides is 2. The van der Waals surface area contributed by atoms with Crippen molar-refractivity contribution in [1.82, 2.24) is 15.6 Å². The van der Waals surface area contributed by atoms with E-state index >= 15 is 0 Å². The number of benzene rings is 1. The third-order valence-electron chi connectivity index (χ3n) is 2.94. The van der Waals surface area contributed by atoms with Gasteiger partial charge < -0.3 is 10.6 Å². The lowest BCUT2D eigenvalue weighted by atomic mass is 10.2. The molecule has 0 radical (unpaired) electrons. The molecule has 1 aromatic heterocycles. The lowest BCUT2D eigenvalue weighted by Crippen LogP contribution is -2.24. The van der Waals surface area contributed by atoms with Crippen LogP contribution in [0.3, 0.4) is 0 Å². The maximum atomic E-state index is 12.1. The summed E-state index contributed by atoms with van der Waals surface area (Å²) >= 11 is 5.90. The van der Waals surface area contributed by atoms with Crippen LogP contribution in [0.25, 0.3) is 0 Å². The predicted octanol–water partition coefficient (Wildman–Crippen LogP) is 2.30. The van der Waals surface area contributed by atoms with Crippen molar-refractivity contribution in [2.24, 2.45) is 0 Å². The van der Waals surface area contributed by atoms with E-state index in [1.807, 2.05) is 12.1 Å². The minimum Gasteiger partial charge on any atom is -0.351 e. The number of nitrogens with one attached hydrogen (secondary N) is 2. The highest BCUT2D eigenvalue weighted by Crippen LogP contribution is 2.10. The fourth-order valence-electron chi connectivity index (χ4n) is 1.86. The average Bonchev–Trinajstić information content (AvgIpc) is 2.51. The molecule has 1 heterocycles. The van der Waals surface area contributed by atoms with Crippen molar-refractivity contribution in [3.8, 4) is 0 Å². The first-order valence-electron chi connectivity index (χ1n) is 6.76. The van der Waals surface area contributed by atoms with Crippen LogP contribution in [0.1, 0.15) is 28.5 Å². The molecule has 0 bridgehead atoms. The summed E-state index contributed by atoms with van der Waals surface area (Å²) in [7, 11) is 0. The molecule has 2 aromatic rings. The Bertz CT molecular complexity index is 689. The summed E-state index contributed by atoms with van der Waals surface area (Å²) < 4.78 is 0. The molecule has 0 atom stereocenters. The van der Waals surface area contributed by atoms with Crippen LogP contribution in [-0.4, -0.2) is 16.8 Å². The van der Waals surface area contributed by atoms with E-state index in [2.05, 4.69) is 15.6 Å². The summed E-state index contributed by atoms with van der Waals surface area (Å²) in [6.45, 7) is 2.12. The van der Waals surface area contributed by atoms with E-state index in [4.69, 9.17) is 11.6 Å². The van der Waals surface area contributed by atoms with Gasteiger partial charge in [-0.1, -0.05) is 23.7 Å². The van der Waals surface area contributed by atoms with Gasteiger partial charge in [-0.05, 0) is 29.8 Å². The molecule has 0 unspecified atom stereocenters. The van der Waals surface area contributed by atoms with Gasteiger partial charge in [0, 0.05) is 30.3 Å². The van der Waals surface area contributed by atoms with Gasteiger partial charge in [-0.3, -0.25) is 14.6 Å². The Hall–Kier alpha value is -2.40. The molecule has 2 N–H and O–H groups in total. The number of carbonyl (C=O) groups is 2. The molecule has 0 saturated heterocycles. The molecule has 2 rings (SSSR count). The molecule has 0 aliphatic heterocycles. The molecule has 0 saturated carbocycles. The number of hydrogen-bond acceptors (Lipinski definition) is 3. The second-order valence-corrected chi connectivity index (χ2v) is 5.19. The largest absolute Gasteiger partial charge is 0.351 e. The van der Waals surface area contributed by atoms with Crippen LogP contribution < -0.4 is 10.6 Å². The second-order valence-electron chi connectivity index (χ2n) is 4.76. The van der Waals surface area contributed by atoms with Gasteiger partial charge in [-0.2, -0.15) is 0 Å². The van der Waals surface area contributed by atoms with Crippen molar-refractivity contribution in [3.05, 3.63) is 64.4 Å². The fourth-order valence-corrected chi connectivity index (χ4v) is 2.08. The van der Waals surface area contributed by atoms with E-state index in [9.17, 15) is 9.59 Å². The second kappa shape index (κ2) is 7.56. The zero-order chi connectivity index (χ0) is 15.9. The molecule has 0 aliphatic rings. The molecule has 5 nitrogen and oxygen atoms in total. The zero-order valence-corrected chi connectivity index (χ0v) is 12.9. The maximum Gasteiger partial charge on any atom is 0.251 e. The minimum absolute atomic E-state index is 0.141. The van der Waals surface area contributed by atoms with Gasteiger partial charge in [0.1, 0.15) is 0 Å². The van der Waals surface area contributed by atoms with Gasteiger partial charge in [-0.15, -0.1) is 0 Å². The molecule has 1 aromatic carbocycles. The van der Waals surface area contributed by atoms with Gasteiger partial charge in [0.25, 0.3) is 5.91 Å². The highest BCUT2D eigenvalue weighted by Gasteiger charge is 2.07. The van der Waals surface area contributed by atoms with Gasteiger partial charge in [0.15, 0.2) is 0 Å². The van der Waals surface area contributed by atoms with E-state index in [0.717, 1.165) is 5.56 Å². The Morgan fingerprint density at radius 1 is 1.14 bits per heavy atom. The lowest BCUT2D eigenvalue weighted by molar-refractivity contribution is -0.119. The molecule has 2 amide bonds. The smallest absolute Gasteiger partial charge is 0.251 e. The molecular weight excluding hydrogens is 302 g/mol. The van der Waals surface area contributed by atoms with Crippen LogP contribution in [-0.2, 0) is 17.9 Å². The van der Waals surface area contributed by atoms with Crippen molar-refractivity contribution in [2.75, 3.05) is 0 Å². The number of hydrogen-bond donors (Lipinski definition) is 2. The quantitative estimate of drug-likeness (QED) is 0.889. The SMILES string of the molecule is CC(=O)NCc1cc(C(=O)NCc2cccc(Cl)c2)ccn1. The summed E-state index contributed by atoms with van der Waals surface area (Å²) in [5, 5.41) is 6.10. The zero-order valence-electron chi connectivity index (χ0n) is 12.1. The molecule has 0 fully saturated rings. The molecule has 114 valence electrons. The monoisotopic (exact) mass is 317 g/mol. The maximum absolute atomic E-state index is 12.1. The summed E-state index contributed by atoms with van der Waals surface area (Å²) in [5.41, 5.74) is 2.05. The lowest BCUT2D eigenvalue weighted by Gasteiger charge is -2.07. The van der Waals surface area contributed by atoms with Crippen LogP contribution in [0.2, 0.25) is 5.02 Å². The standard InChI is InChI=1S/C16H16ClN3O2/c1-11(21)19-10-15-8-13(5-6-18-15)16(22)20-9-12-3-2-4-14(17)7-12/h2-8H,9-10H2,1H3,(H,19,21)(H,20,22). The number of carbonyl (C=O) groups excluding carboxylic acids is 2. The number of pyridine rings is 1. The van der Waals surface area contributed by atoms with E-state index < -0.39 is 0 Å². The minimum atomic E-state index is -0.202. The van der Waals surface area contributed by atoms with Crippen molar-refractivity contribution in [2.45, 2.75) is 20.0 Å². The fraction of sp³-hybridized carbons (Fsp3) is 0.188. The summed E-state index contributed by atoms with van der Waals surface area (Å²) in [6, 6.07) is 10.6. The Balaban J connectivity index is 1.97. The Kier molecular flexibility index (Phi) is 5.49. The Morgan fingerprint density at radius 2 is 1.95 bits per heavy atom. The normalized spacial score (nSPS) is 10.1. The van der Waals surface area contributed by atoms with E-state index in [0.29, 0.717) is 29.4 Å². The van der Waals surface area contributed by atoms with Gasteiger partial charge in [0.05, 0.1) is 12.2 Å². The first-order valence-corrected chi connectivity index (χ1v) is 7.14. The number of rotatable bonds is 5. The number of nitrogens with zero attached hydrogens (tertiary/aromatic N) is 1. The molecule has 0 aliphatic carbocycles. The van der Waals surface area contributed by atoms with Crippen LogP contribution in [0, 0.1) is 0 Å². The molecule has 0 spiro atoms. The highest BCUT2D eigenvalue weighted by molar-refractivity contribution is 6.30. The number of aromatic nitrogens is 1. The van der Waals surface area contributed by atoms with Gasteiger partial charge >= 0.3 is 0 Å². The van der Waals surface area contributed by atoms with Crippen molar-refractivity contribution >= 4 is 23.4 Å². The van der Waals surface area contributed by atoms with Crippen molar-refractivity contribution in [1.29, 1.82) is 0 Å². The number of halogens is 1. The predicted molar refractivity (Wildman–Crippen MR) is 84.4 cm³/mol.